The fraction of sp³-hybridized carbons (Fsp3) is 0.257. The van der Waals surface area contributed by atoms with Gasteiger partial charge in [0.2, 0.25) is 5.95 Å². The van der Waals surface area contributed by atoms with Gasteiger partial charge in [-0.05, 0) is 87.3 Å². The summed E-state index contributed by atoms with van der Waals surface area (Å²) in [7, 11) is 0. The predicted octanol–water partition coefficient (Wildman–Crippen LogP) is 7.19. The van der Waals surface area contributed by atoms with Crippen molar-refractivity contribution in [3.63, 3.8) is 0 Å². The minimum absolute atomic E-state index is 0.0913. The lowest BCUT2D eigenvalue weighted by atomic mass is 9.95. The third kappa shape index (κ3) is 7.04. The number of hydrogen-bond donors (Lipinski definition) is 2. The Labute approximate surface area is 261 Å². The third-order valence-electron chi connectivity index (χ3n) is 7.99. The van der Waals surface area contributed by atoms with E-state index in [9.17, 15) is 9.18 Å². The lowest BCUT2D eigenvalue weighted by molar-refractivity contribution is 0.0951. The Morgan fingerprint density at radius 1 is 1.02 bits per heavy atom. The molecule has 224 valence electrons. The number of aliphatic imine (C=N–C) groups is 1. The summed E-state index contributed by atoms with van der Waals surface area (Å²) in [5.41, 5.74) is 7.20. The molecule has 3 heterocycles. The summed E-state index contributed by atoms with van der Waals surface area (Å²) in [5.74, 6) is -0.0136. The van der Waals surface area contributed by atoms with Gasteiger partial charge in [0, 0.05) is 57.8 Å². The Morgan fingerprint density at radius 3 is 2.73 bits per heavy atom. The van der Waals surface area contributed by atoms with Crippen molar-refractivity contribution < 1.29 is 9.18 Å². The van der Waals surface area contributed by atoms with E-state index < -0.39 is 0 Å². The molecule has 3 aromatic carbocycles. The van der Waals surface area contributed by atoms with Gasteiger partial charge in [-0.2, -0.15) is 0 Å². The summed E-state index contributed by atoms with van der Waals surface area (Å²) < 4.78 is 14.1. The summed E-state index contributed by atoms with van der Waals surface area (Å²) in [6, 6.07) is 19.2. The molecule has 0 spiro atoms. The minimum Gasteiger partial charge on any atom is -0.352 e. The number of nitrogens with zero attached hydrogens (tertiary/aromatic N) is 4. The van der Waals surface area contributed by atoms with Gasteiger partial charge in [-0.3, -0.25) is 9.79 Å². The van der Waals surface area contributed by atoms with Crippen LogP contribution in [0, 0.1) is 5.82 Å². The van der Waals surface area contributed by atoms with Gasteiger partial charge in [0.1, 0.15) is 5.82 Å². The smallest absolute Gasteiger partial charge is 0.251 e. The number of amides is 1. The standard InChI is InChI=1S/C35H34ClFN6O/c1-23-5-3-16-43(18-14-23)17-4-15-38-34(44)24-8-11-29(12-9-24)41-35-40-22-26-21-39-32(25-6-2-7-28(37)19-25)31-20-27(36)10-13-30(31)33(26)42-35/h2,6-13,19-20,22H,1,3-5,14-18,21H2,(H,38,44)(H,40,41,42). The van der Waals surface area contributed by atoms with E-state index in [1.807, 2.05) is 36.4 Å². The van der Waals surface area contributed by atoms with Crippen LogP contribution in [-0.2, 0) is 6.54 Å². The number of carbonyl (C=O) groups is 1. The van der Waals surface area contributed by atoms with E-state index in [0.717, 1.165) is 73.4 Å². The zero-order chi connectivity index (χ0) is 30.5. The molecule has 2 aliphatic rings. The van der Waals surface area contributed by atoms with Crippen molar-refractivity contribution in [2.75, 3.05) is 31.5 Å². The molecular formula is C35H34ClFN6O. The molecule has 44 heavy (non-hydrogen) atoms. The normalized spacial score (nSPS) is 15.0. The summed E-state index contributed by atoms with van der Waals surface area (Å²) in [5, 5.41) is 6.84. The molecule has 1 aromatic heterocycles. The van der Waals surface area contributed by atoms with Crippen molar-refractivity contribution in [3.05, 3.63) is 118 Å². The van der Waals surface area contributed by atoms with Crippen molar-refractivity contribution in [2.45, 2.75) is 32.2 Å². The molecule has 1 amide bonds. The number of likely N-dealkylation sites (tertiary alicyclic amines) is 1. The van der Waals surface area contributed by atoms with Crippen molar-refractivity contribution in [3.8, 4) is 11.3 Å². The minimum atomic E-state index is -0.333. The lowest BCUT2D eigenvalue weighted by Crippen LogP contribution is -2.30. The molecule has 1 saturated heterocycles. The van der Waals surface area contributed by atoms with Crippen LogP contribution in [0.2, 0.25) is 5.02 Å². The number of aromatic nitrogens is 2. The SMILES string of the molecule is C=C1CCCN(CCCNC(=O)c2ccc(Nc3ncc4c(n3)-c3ccc(Cl)cc3C(c3cccc(F)c3)=NC4)cc2)CC1. The maximum atomic E-state index is 14.1. The van der Waals surface area contributed by atoms with Crippen LogP contribution < -0.4 is 10.6 Å². The first kappa shape index (κ1) is 29.7. The Bertz CT molecular complexity index is 1720. The highest BCUT2D eigenvalue weighted by molar-refractivity contribution is 6.31. The molecule has 7 nitrogen and oxygen atoms in total. The fourth-order valence-corrected chi connectivity index (χ4v) is 5.81. The highest BCUT2D eigenvalue weighted by atomic mass is 35.5. The maximum absolute atomic E-state index is 14.1. The van der Waals surface area contributed by atoms with E-state index in [-0.39, 0.29) is 11.7 Å². The molecule has 2 aliphatic heterocycles. The fourth-order valence-electron chi connectivity index (χ4n) is 5.64. The van der Waals surface area contributed by atoms with Crippen LogP contribution in [0.5, 0.6) is 0 Å². The van der Waals surface area contributed by atoms with Crippen LogP contribution in [0.3, 0.4) is 0 Å². The largest absolute Gasteiger partial charge is 0.352 e. The van der Waals surface area contributed by atoms with Gasteiger partial charge in [-0.15, -0.1) is 0 Å². The molecule has 0 bridgehead atoms. The van der Waals surface area contributed by atoms with Crippen LogP contribution in [0.15, 0.2) is 90.1 Å². The number of carbonyl (C=O) groups excluding carboxylic acids is 1. The van der Waals surface area contributed by atoms with Gasteiger partial charge in [-0.25, -0.2) is 14.4 Å². The first-order valence-corrected chi connectivity index (χ1v) is 15.3. The second kappa shape index (κ2) is 13.5. The van der Waals surface area contributed by atoms with Gasteiger partial charge < -0.3 is 15.5 Å². The summed E-state index contributed by atoms with van der Waals surface area (Å²) in [6.45, 7) is 8.23. The van der Waals surface area contributed by atoms with Crippen molar-refractivity contribution in [1.29, 1.82) is 0 Å². The zero-order valence-electron chi connectivity index (χ0n) is 24.5. The van der Waals surface area contributed by atoms with Gasteiger partial charge in [0.25, 0.3) is 5.91 Å². The highest BCUT2D eigenvalue weighted by Crippen LogP contribution is 2.34. The molecule has 9 heteroatoms. The Morgan fingerprint density at radius 2 is 1.89 bits per heavy atom. The van der Waals surface area contributed by atoms with Crippen molar-refractivity contribution in [2.24, 2.45) is 4.99 Å². The molecular weight excluding hydrogens is 575 g/mol. The number of halogens is 2. The van der Waals surface area contributed by atoms with E-state index >= 15 is 0 Å². The average Bonchev–Trinajstić information content (AvgIpc) is 3.33. The molecule has 1 fully saturated rings. The monoisotopic (exact) mass is 608 g/mol. The maximum Gasteiger partial charge on any atom is 0.251 e. The molecule has 0 saturated carbocycles. The molecule has 0 radical (unpaired) electrons. The molecule has 4 aromatic rings. The van der Waals surface area contributed by atoms with E-state index in [0.29, 0.717) is 40.9 Å². The molecule has 2 N–H and O–H groups in total. The van der Waals surface area contributed by atoms with E-state index in [1.54, 1.807) is 24.4 Å². The lowest BCUT2D eigenvalue weighted by Gasteiger charge is -2.19. The first-order chi connectivity index (χ1) is 21.4. The Kier molecular flexibility index (Phi) is 9.09. The van der Waals surface area contributed by atoms with Crippen LogP contribution in [-0.4, -0.2) is 52.7 Å². The van der Waals surface area contributed by atoms with Crippen LogP contribution in [0.4, 0.5) is 16.0 Å². The molecule has 0 aliphatic carbocycles. The second-order valence-corrected chi connectivity index (χ2v) is 11.6. The number of benzene rings is 3. The van der Waals surface area contributed by atoms with Gasteiger partial charge in [-0.1, -0.05) is 42.0 Å². The number of hydrogen-bond acceptors (Lipinski definition) is 6. The van der Waals surface area contributed by atoms with Gasteiger partial charge >= 0.3 is 0 Å². The van der Waals surface area contributed by atoms with Gasteiger partial charge in [0.05, 0.1) is 18.0 Å². The summed E-state index contributed by atoms with van der Waals surface area (Å²) >= 11 is 6.38. The van der Waals surface area contributed by atoms with Crippen molar-refractivity contribution >= 4 is 34.9 Å². The Hall–Kier alpha value is -4.40. The average molecular weight is 609 g/mol. The third-order valence-corrected chi connectivity index (χ3v) is 8.22. The number of fused-ring (bicyclic) bond motifs is 3. The van der Waals surface area contributed by atoms with Crippen LogP contribution >= 0.6 is 11.6 Å². The Balaban J connectivity index is 1.11. The molecule has 0 atom stereocenters. The quantitative estimate of drug-likeness (QED) is 0.163. The number of anilines is 2. The first-order valence-electron chi connectivity index (χ1n) is 14.9. The second-order valence-electron chi connectivity index (χ2n) is 11.2. The van der Waals surface area contributed by atoms with Crippen LogP contribution in [0.1, 0.15) is 52.7 Å². The molecule has 0 unspecified atom stereocenters. The van der Waals surface area contributed by atoms with Gasteiger partial charge in [0.15, 0.2) is 0 Å². The zero-order valence-corrected chi connectivity index (χ0v) is 25.2. The van der Waals surface area contributed by atoms with E-state index in [4.69, 9.17) is 21.6 Å². The number of nitrogens with one attached hydrogen (secondary N) is 2. The van der Waals surface area contributed by atoms with E-state index in [2.05, 4.69) is 27.1 Å². The van der Waals surface area contributed by atoms with Crippen molar-refractivity contribution in [1.82, 2.24) is 20.2 Å². The summed E-state index contributed by atoms with van der Waals surface area (Å²) in [6.07, 6.45) is 6.02. The summed E-state index contributed by atoms with van der Waals surface area (Å²) in [4.78, 5) is 29.3. The molecule has 6 rings (SSSR count). The van der Waals surface area contributed by atoms with E-state index in [1.165, 1.54) is 17.7 Å². The van der Waals surface area contributed by atoms with Crippen LogP contribution in [0.25, 0.3) is 11.3 Å². The topological polar surface area (TPSA) is 82.5 Å². The number of rotatable bonds is 8. The predicted molar refractivity (Wildman–Crippen MR) is 174 cm³/mol. The highest BCUT2D eigenvalue weighted by Gasteiger charge is 2.22.